The highest BCUT2D eigenvalue weighted by Gasteiger charge is 2.34. The molecule has 5 aromatic carbocycles. The Labute approximate surface area is 224 Å². The fraction of sp³-hybridized carbons (Fsp3) is 0.0909. The summed E-state index contributed by atoms with van der Waals surface area (Å²) in [5, 5.41) is 0. The highest BCUT2D eigenvalue weighted by molar-refractivity contribution is 7.49. The summed E-state index contributed by atoms with van der Waals surface area (Å²) in [6.07, 6.45) is 1.71. The van der Waals surface area contributed by atoms with Gasteiger partial charge in [0.1, 0.15) is 17.2 Å². The van der Waals surface area contributed by atoms with E-state index in [1.807, 2.05) is 103 Å². The van der Waals surface area contributed by atoms with Gasteiger partial charge in [-0.2, -0.15) is 4.57 Å². The van der Waals surface area contributed by atoms with Gasteiger partial charge < -0.3 is 13.6 Å². The second-order valence-electron chi connectivity index (χ2n) is 8.86. The van der Waals surface area contributed by atoms with Gasteiger partial charge in [-0.3, -0.25) is 0 Å². The van der Waals surface area contributed by atoms with Gasteiger partial charge in [0.25, 0.3) is 0 Å². The lowest BCUT2D eigenvalue weighted by Gasteiger charge is -2.21. The van der Waals surface area contributed by atoms with Crippen molar-refractivity contribution >= 4 is 7.82 Å². The van der Waals surface area contributed by atoms with Gasteiger partial charge in [-0.05, 0) is 64.6 Å². The Morgan fingerprint density at radius 3 is 1.39 bits per heavy atom. The van der Waals surface area contributed by atoms with Crippen molar-refractivity contribution in [3.05, 3.63) is 139 Å². The molecule has 0 aliphatic heterocycles. The van der Waals surface area contributed by atoms with Crippen LogP contribution in [-0.4, -0.2) is 0 Å². The fourth-order valence-corrected chi connectivity index (χ4v) is 5.47. The highest BCUT2D eigenvalue weighted by atomic mass is 31.2. The zero-order valence-corrected chi connectivity index (χ0v) is 22.1. The SMILES string of the molecule is CCCc1ccccc1OP(=O)(Oc1ccc(-c2ccccc2)cc1)Oc1ccc(-c2ccccc2)cc1. The Hall–Kier alpha value is -4.27. The maximum absolute atomic E-state index is 14.1. The summed E-state index contributed by atoms with van der Waals surface area (Å²) in [4.78, 5) is 0. The molecule has 0 aromatic heterocycles. The Morgan fingerprint density at radius 1 is 0.500 bits per heavy atom. The van der Waals surface area contributed by atoms with E-state index in [0.29, 0.717) is 17.2 Å². The van der Waals surface area contributed by atoms with Gasteiger partial charge in [0.05, 0.1) is 0 Å². The number of hydrogen-bond acceptors (Lipinski definition) is 4. The molecule has 0 spiro atoms. The Balaban J connectivity index is 1.42. The molecule has 4 nitrogen and oxygen atoms in total. The van der Waals surface area contributed by atoms with Crippen molar-refractivity contribution in [1.29, 1.82) is 0 Å². The largest absolute Gasteiger partial charge is 0.647 e. The van der Waals surface area contributed by atoms with Gasteiger partial charge in [0.2, 0.25) is 0 Å². The van der Waals surface area contributed by atoms with Crippen LogP contribution >= 0.6 is 7.82 Å². The molecule has 0 heterocycles. The molecule has 5 aromatic rings. The lowest BCUT2D eigenvalue weighted by molar-refractivity contribution is 0.297. The average molecular weight is 521 g/mol. The third-order valence-corrected chi connectivity index (χ3v) is 7.35. The smallest absolute Gasteiger partial charge is 0.386 e. The molecular weight excluding hydrogens is 491 g/mol. The molecule has 0 aliphatic rings. The first-order valence-corrected chi connectivity index (χ1v) is 14.2. The van der Waals surface area contributed by atoms with E-state index in [1.54, 1.807) is 30.3 Å². The number of phosphoric acid groups is 1. The van der Waals surface area contributed by atoms with E-state index >= 15 is 0 Å². The lowest BCUT2D eigenvalue weighted by atomic mass is 10.1. The molecule has 0 saturated heterocycles. The van der Waals surface area contributed by atoms with Crippen molar-refractivity contribution in [2.24, 2.45) is 0 Å². The van der Waals surface area contributed by atoms with Crippen LogP contribution in [0.1, 0.15) is 18.9 Å². The van der Waals surface area contributed by atoms with Gasteiger partial charge in [-0.1, -0.05) is 116 Å². The van der Waals surface area contributed by atoms with Crippen LogP contribution in [0.25, 0.3) is 22.3 Å². The highest BCUT2D eigenvalue weighted by Crippen LogP contribution is 2.50. The van der Waals surface area contributed by atoms with E-state index in [0.717, 1.165) is 40.7 Å². The fourth-order valence-electron chi connectivity index (χ4n) is 4.18. The zero-order valence-electron chi connectivity index (χ0n) is 21.2. The summed E-state index contributed by atoms with van der Waals surface area (Å²) in [6.45, 7) is 2.09. The van der Waals surface area contributed by atoms with E-state index in [4.69, 9.17) is 13.6 Å². The lowest BCUT2D eigenvalue weighted by Crippen LogP contribution is -2.08. The molecule has 0 saturated carbocycles. The molecule has 0 unspecified atom stereocenters. The molecule has 38 heavy (non-hydrogen) atoms. The third kappa shape index (κ3) is 6.34. The second-order valence-corrected chi connectivity index (χ2v) is 10.3. The van der Waals surface area contributed by atoms with Crippen LogP contribution in [0.15, 0.2) is 133 Å². The van der Waals surface area contributed by atoms with Crippen LogP contribution in [0, 0.1) is 0 Å². The number of rotatable bonds is 10. The van der Waals surface area contributed by atoms with E-state index in [2.05, 4.69) is 6.92 Å². The molecule has 0 bridgehead atoms. The first-order valence-electron chi connectivity index (χ1n) is 12.7. The van der Waals surface area contributed by atoms with Gasteiger partial charge >= 0.3 is 7.82 Å². The molecule has 0 fully saturated rings. The van der Waals surface area contributed by atoms with Crippen molar-refractivity contribution in [3.63, 3.8) is 0 Å². The molecule has 5 rings (SSSR count). The Morgan fingerprint density at radius 2 is 0.921 bits per heavy atom. The van der Waals surface area contributed by atoms with Crippen LogP contribution in [0.2, 0.25) is 0 Å². The van der Waals surface area contributed by atoms with Crippen LogP contribution in [-0.2, 0) is 11.0 Å². The number of hydrogen-bond donors (Lipinski definition) is 0. The molecule has 190 valence electrons. The summed E-state index contributed by atoms with van der Waals surface area (Å²) < 4.78 is 32.1. The van der Waals surface area contributed by atoms with E-state index in [1.165, 1.54) is 0 Å². The molecular formula is C33H29O4P. The maximum atomic E-state index is 14.1. The van der Waals surface area contributed by atoms with Crippen molar-refractivity contribution in [2.75, 3.05) is 0 Å². The quantitative estimate of drug-likeness (QED) is 0.172. The van der Waals surface area contributed by atoms with Gasteiger partial charge in [-0.25, -0.2) is 0 Å². The van der Waals surface area contributed by atoms with Crippen LogP contribution < -0.4 is 13.6 Å². The second kappa shape index (κ2) is 11.9. The normalized spacial score (nSPS) is 11.1. The summed E-state index contributed by atoms with van der Waals surface area (Å²) in [6, 6.07) is 42.4. The first-order chi connectivity index (χ1) is 18.6. The van der Waals surface area contributed by atoms with Crippen molar-refractivity contribution in [1.82, 2.24) is 0 Å². The molecule has 0 atom stereocenters. The minimum Gasteiger partial charge on any atom is -0.386 e. The minimum atomic E-state index is -4.11. The van der Waals surface area contributed by atoms with Gasteiger partial charge in [-0.15, -0.1) is 0 Å². The summed E-state index contributed by atoms with van der Waals surface area (Å²) in [5.41, 5.74) is 5.17. The Bertz CT molecular complexity index is 1410. The molecule has 0 N–H and O–H groups in total. The van der Waals surface area contributed by atoms with Crippen LogP contribution in [0.4, 0.5) is 0 Å². The number of phosphoric ester groups is 1. The summed E-state index contributed by atoms with van der Waals surface area (Å²) in [7, 11) is -4.11. The van der Waals surface area contributed by atoms with Crippen LogP contribution in [0.3, 0.4) is 0 Å². The topological polar surface area (TPSA) is 44.8 Å². The third-order valence-electron chi connectivity index (χ3n) is 6.06. The number of para-hydroxylation sites is 1. The average Bonchev–Trinajstić information content (AvgIpc) is 2.96. The number of aryl methyl sites for hydroxylation is 1. The molecule has 0 amide bonds. The molecule has 0 radical (unpaired) electrons. The van der Waals surface area contributed by atoms with E-state index in [-0.39, 0.29) is 0 Å². The molecule has 0 aliphatic carbocycles. The molecule has 5 heteroatoms. The van der Waals surface area contributed by atoms with E-state index < -0.39 is 7.82 Å². The summed E-state index contributed by atoms with van der Waals surface area (Å²) >= 11 is 0. The predicted octanol–water partition coefficient (Wildman–Crippen LogP) is 9.62. The standard InChI is InChI=1S/C33H29O4P/c1-2-11-30-16-9-10-17-33(30)37-38(34,35-31-22-18-28(19-23-31)26-12-5-3-6-13-26)36-32-24-20-29(21-25-32)27-14-7-4-8-15-27/h3-10,12-25H,2,11H2,1H3. The van der Waals surface area contributed by atoms with Crippen LogP contribution in [0.5, 0.6) is 17.2 Å². The Kier molecular flexibility index (Phi) is 7.92. The first kappa shape index (κ1) is 25.4. The number of benzene rings is 5. The van der Waals surface area contributed by atoms with Crippen molar-refractivity contribution < 1.29 is 18.1 Å². The van der Waals surface area contributed by atoms with Gasteiger partial charge in [0, 0.05) is 0 Å². The zero-order chi connectivity index (χ0) is 26.2. The van der Waals surface area contributed by atoms with Gasteiger partial charge in [0.15, 0.2) is 0 Å². The monoisotopic (exact) mass is 520 g/mol. The predicted molar refractivity (Wildman–Crippen MR) is 154 cm³/mol. The van der Waals surface area contributed by atoms with Crippen molar-refractivity contribution in [2.45, 2.75) is 19.8 Å². The van der Waals surface area contributed by atoms with E-state index in [9.17, 15) is 4.57 Å². The van der Waals surface area contributed by atoms with Crippen molar-refractivity contribution in [3.8, 4) is 39.5 Å². The minimum absolute atomic E-state index is 0.391. The maximum Gasteiger partial charge on any atom is 0.647 e. The summed E-state index contributed by atoms with van der Waals surface area (Å²) in [5.74, 6) is 1.27.